The molecule has 4 unspecified atom stereocenters. The molecule has 4 atom stereocenters. The average Bonchev–Trinajstić information content (AvgIpc) is 2.66. The fraction of sp³-hybridized carbons (Fsp3) is 0.850. The Balaban J connectivity index is 4.42. The number of hydrogen-bond donors (Lipinski definition) is 2. The molecule has 0 heterocycles. The molecule has 0 rings (SSSR count). The number of nitrogens with zero attached hydrogens (tertiary/aromatic N) is 2. The van der Waals surface area contributed by atoms with Gasteiger partial charge >= 0.3 is 0 Å². The van der Waals surface area contributed by atoms with Gasteiger partial charge in [0.25, 0.3) is 0 Å². The number of aliphatic hydroxyl groups excluding tert-OH is 2. The smallest absolute Gasteiger partial charge is 0.241 e. The number of unbranched alkanes of at least 4 members (excludes halogenated alkanes) is 6. The summed E-state index contributed by atoms with van der Waals surface area (Å²) in [5.41, 5.74) is 0. The van der Waals surface area contributed by atoms with E-state index < -0.39 is 34.1 Å². The van der Waals surface area contributed by atoms with Crippen molar-refractivity contribution in [3.63, 3.8) is 0 Å². The third-order valence-corrected chi connectivity index (χ3v) is 4.98. The van der Waals surface area contributed by atoms with E-state index >= 15 is 0 Å². The van der Waals surface area contributed by atoms with Gasteiger partial charge in [-0.05, 0) is 25.7 Å². The Bertz CT molecular complexity index is 499. The Morgan fingerprint density at radius 3 is 2.00 bits per heavy atom. The molecule has 0 aliphatic rings. The molecule has 0 aromatic heterocycles. The van der Waals surface area contributed by atoms with Crippen molar-refractivity contribution in [1.29, 1.82) is 0 Å². The maximum atomic E-state index is 11.2. The van der Waals surface area contributed by atoms with E-state index in [9.17, 15) is 35.2 Å². The fourth-order valence-corrected chi connectivity index (χ4v) is 3.16. The summed E-state index contributed by atoms with van der Waals surface area (Å²) < 4.78 is 0. The molecule has 9 nitrogen and oxygen atoms in total. The van der Waals surface area contributed by atoms with Crippen LogP contribution in [0.25, 0.3) is 0 Å². The fourth-order valence-electron chi connectivity index (χ4n) is 3.16. The zero-order valence-electron chi connectivity index (χ0n) is 17.3. The lowest BCUT2D eigenvalue weighted by Crippen LogP contribution is -2.34. The van der Waals surface area contributed by atoms with Gasteiger partial charge in [-0.1, -0.05) is 51.2 Å². The van der Waals surface area contributed by atoms with E-state index in [0.717, 1.165) is 32.1 Å². The second kappa shape index (κ2) is 17.0. The Morgan fingerprint density at radius 1 is 0.828 bits per heavy atom. The van der Waals surface area contributed by atoms with Crippen molar-refractivity contribution >= 4 is 6.29 Å². The first kappa shape index (κ1) is 27.1. The average molecular weight is 416 g/mol. The molecule has 0 bridgehead atoms. The van der Waals surface area contributed by atoms with Crippen molar-refractivity contribution in [3.8, 4) is 0 Å². The maximum Gasteiger partial charge on any atom is 0.241 e. The van der Waals surface area contributed by atoms with Crippen LogP contribution in [0.2, 0.25) is 0 Å². The number of nitro groups is 2. The van der Waals surface area contributed by atoms with Crippen LogP contribution in [0, 0.1) is 20.2 Å². The molecule has 0 aromatic rings. The van der Waals surface area contributed by atoms with Crippen LogP contribution in [-0.4, -0.2) is 50.6 Å². The molecule has 9 heteroatoms. The molecule has 0 spiro atoms. The summed E-state index contributed by atoms with van der Waals surface area (Å²) in [4.78, 5) is 31.5. The largest absolute Gasteiger partial charge is 0.386 e. The number of carbonyl (C=O) groups excluding carboxylic acids is 1. The predicted molar refractivity (Wildman–Crippen MR) is 109 cm³/mol. The van der Waals surface area contributed by atoms with Crippen LogP contribution in [0.4, 0.5) is 0 Å². The summed E-state index contributed by atoms with van der Waals surface area (Å²) in [5, 5.41) is 42.4. The third kappa shape index (κ3) is 13.1. The van der Waals surface area contributed by atoms with E-state index in [4.69, 9.17) is 0 Å². The van der Waals surface area contributed by atoms with Crippen LogP contribution in [0.5, 0.6) is 0 Å². The molecule has 29 heavy (non-hydrogen) atoms. The van der Waals surface area contributed by atoms with Gasteiger partial charge in [-0.3, -0.25) is 25.0 Å². The Morgan fingerprint density at radius 2 is 1.41 bits per heavy atom. The number of aliphatic hydroxyl groups is 2. The molecule has 1 radical (unpaired) electrons. The molecular weight excluding hydrogens is 380 g/mol. The van der Waals surface area contributed by atoms with Crippen LogP contribution in [0.3, 0.4) is 0 Å². The highest BCUT2D eigenvalue weighted by atomic mass is 16.6. The van der Waals surface area contributed by atoms with Gasteiger partial charge in [-0.25, -0.2) is 0 Å². The molecule has 0 aliphatic heterocycles. The lowest BCUT2D eigenvalue weighted by atomic mass is 9.99. The third-order valence-electron chi connectivity index (χ3n) is 4.98. The van der Waals surface area contributed by atoms with E-state index in [-0.39, 0.29) is 25.7 Å². The van der Waals surface area contributed by atoms with Crippen molar-refractivity contribution in [2.24, 2.45) is 0 Å². The van der Waals surface area contributed by atoms with Crippen LogP contribution in [0.15, 0.2) is 12.2 Å². The first-order valence-electron chi connectivity index (χ1n) is 10.5. The summed E-state index contributed by atoms with van der Waals surface area (Å²) in [6, 6.07) is -2.27. The molecule has 0 aromatic carbocycles. The van der Waals surface area contributed by atoms with E-state index in [2.05, 4.69) is 6.92 Å². The predicted octanol–water partition coefficient (Wildman–Crippen LogP) is 3.37. The van der Waals surface area contributed by atoms with Crippen LogP contribution >= 0.6 is 0 Å². The highest BCUT2D eigenvalue weighted by molar-refractivity contribution is 5.50. The summed E-state index contributed by atoms with van der Waals surface area (Å²) >= 11 is 0. The van der Waals surface area contributed by atoms with Gasteiger partial charge in [-0.15, -0.1) is 0 Å². The molecule has 2 N–H and O–H groups in total. The molecule has 0 fully saturated rings. The van der Waals surface area contributed by atoms with Crippen molar-refractivity contribution in [2.75, 3.05) is 0 Å². The van der Waals surface area contributed by atoms with Gasteiger partial charge in [-0.2, -0.15) is 0 Å². The number of hydrogen-bond acceptors (Lipinski definition) is 7. The van der Waals surface area contributed by atoms with Crippen molar-refractivity contribution in [2.45, 2.75) is 108 Å². The number of rotatable bonds is 19. The lowest BCUT2D eigenvalue weighted by molar-refractivity contribution is -0.535. The standard InChI is InChI=1S/C20H35N2O7/c1-2-3-4-5-6-7-12-17(21(26)27)19(24)14-9-8-13-18(22(28)29)20(25)15-10-11-16-23/h8-9,17-20,24-25H,2-7,10-15H2,1H3/b9-8-. The zero-order valence-corrected chi connectivity index (χ0v) is 17.3. The van der Waals surface area contributed by atoms with Gasteiger partial charge in [0, 0.05) is 29.1 Å². The molecule has 0 aliphatic carbocycles. The van der Waals surface area contributed by atoms with Crippen LogP contribution < -0.4 is 0 Å². The van der Waals surface area contributed by atoms with Gasteiger partial charge in [0.05, 0.1) is 0 Å². The topological polar surface area (TPSA) is 144 Å². The Labute approximate surface area is 172 Å². The molecule has 0 saturated carbocycles. The van der Waals surface area contributed by atoms with Crippen molar-refractivity contribution in [1.82, 2.24) is 0 Å². The quantitative estimate of drug-likeness (QED) is 0.142. The summed E-state index contributed by atoms with van der Waals surface area (Å²) in [7, 11) is 0. The van der Waals surface area contributed by atoms with E-state index in [1.807, 2.05) is 0 Å². The molecule has 167 valence electrons. The zero-order chi connectivity index (χ0) is 22.1. The van der Waals surface area contributed by atoms with E-state index in [1.54, 1.807) is 6.29 Å². The Hall–Kier alpha value is -1.87. The first-order valence-corrected chi connectivity index (χ1v) is 10.5. The van der Waals surface area contributed by atoms with Gasteiger partial charge in [0.1, 0.15) is 12.2 Å². The lowest BCUT2D eigenvalue weighted by Gasteiger charge is -2.15. The van der Waals surface area contributed by atoms with Crippen LogP contribution in [0.1, 0.15) is 84.0 Å². The first-order chi connectivity index (χ1) is 13.8. The highest BCUT2D eigenvalue weighted by Gasteiger charge is 2.29. The van der Waals surface area contributed by atoms with E-state index in [1.165, 1.54) is 12.2 Å². The van der Waals surface area contributed by atoms with E-state index in [0.29, 0.717) is 19.3 Å². The minimum Gasteiger partial charge on any atom is -0.386 e. The maximum absolute atomic E-state index is 11.2. The molecule has 0 saturated heterocycles. The van der Waals surface area contributed by atoms with Gasteiger partial charge < -0.3 is 10.2 Å². The minimum absolute atomic E-state index is 0.0299. The van der Waals surface area contributed by atoms with Crippen molar-refractivity contribution in [3.05, 3.63) is 32.4 Å². The van der Waals surface area contributed by atoms with Gasteiger partial charge in [0.2, 0.25) is 12.1 Å². The van der Waals surface area contributed by atoms with Gasteiger partial charge in [0.15, 0.2) is 6.29 Å². The summed E-state index contributed by atoms with van der Waals surface area (Å²) in [6.45, 7) is 2.12. The summed E-state index contributed by atoms with van der Waals surface area (Å²) in [6.07, 6.45) is 9.15. The minimum atomic E-state index is -1.22. The SMILES string of the molecule is CCCCCCCCC(C(O)C/C=C\CC(C(O)CCC[C]=O)[N+](=O)[O-])[N+](=O)[O-]. The summed E-state index contributed by atoms with van der Waals surface area (Å²) in [5.74, 6) is 0. The van der Waals surface area contributed by atoms with Crippen molar-refractivity contribution < 1.29 is 24.9 Å². The second-order valence-electron chi connectivity index (χ2n) is 7.38. The molecule has 0 amide bonds. The molecular formula is C20H35N2O7. The normalized spacial score (nSPS) is 15.7. The second-order valence-corrected chi connectivity index (χ2v) is 7.38. The van der Waals surface area contributed by atoms with Crippen LogP contribution in [-0.2, 0) is 4.79 Å². The Kier molecular flexibility index (Phi) is 15.9. The monoisotopic (exact) mass is 415 g/mol. The highest BCUT2D eigenvalue weighted by Crippen LogP contribution is 2.16.